The van der Waals surface area contributed by atoms with E-state index in [0.717, 1.165) is 24.1 Å². The molecule has 35 heavy (non-hydrogen) atoms. The van der Waals surface area contributed by atoms with Crippen molar-refractivity contribution in [2.75, 3.05) is 43.5 Å². The minimum atomic E-state index is -0.582. The zero-order chi connectivity index (χ0) is 24.8. The third kappa shape index (κ3) is 5.95. The second kappa shape index (κ2) is 11.3. The van der Waals surface area contributed by atoms with Crippen LogP contribution in [0.3, 0.4) is 0 Å². The quantitative estimate of drug-likeness (QED) is 0.488. The van der Waals surface area contributed by atoms with Crippen molar-refractivity contribution in [3.63, 3.8) is 0 Å². The Morgan fingerprint density at radius 1 is 0.943 bits per heavy atom. The average Bonchev–Trinajstić information content (AvgIpc) is 3.14. The third-order valence-electron chi connectivity index (χ3n) is 6.09. The Morgan fingerprint density at radius 3 is 2.31 bits per heavy atom. The first-order valence-corrected chi connectivity index (χ1v) is 11.8. The summed E-state index contributed by atoms with van der Waals surface area (Å²) in [6, 6.07) is 11.5. The van der Waals surface area contributed by atoms with Gasteiger partial charge in [0.25, 0.3) is 0 Å². The number of carbonyl (C=O) groups excluding carboxylic acids is 2. The predicted molar refractivity (Wildman–Crippen MR) is 132 cm³/mol. The van der Waals surface area contributed by atoms with E-state index < -0.39 is 5.82 Å². The van der Waals surface area contributed by atoms with Gasteiger partial charge in [-0.25, -0.2) is 9.18 Å². The van der Waals surface area contributed by atoms with Gasteiger partial charge >= 0.3 is 5.69 Å². The lowest BCUT2D eigenvalue weighted by Gasteiger charge is -2.26. The summed E-state index contributed by atoms with van der Waals surface area (Å²) in [4.78, 5) is 39.7. The second-order valence-electron chi connectivity index (χ2n) is 8.41. The lowest BCUT2D eigenvalue weighted by molar-refractivity contribution is -0.117. The van der Waals surface area contributed by atoms with Crippen LogP contribution in [0, 0.1) is 5.82 Å². The number of benzene rings is 2. The SMILES string of the molecule is CCn1c(=O)n(CCC(=O)Nc2ccc(F)c(NC(=O)CCN3CCOCC3)c2)c2ccccc21. The zero-order valence-electron chi connectivity index (χ0n) is 19.8. The van der Waals surface area contributed by atoms with Gasteiger partial charge in [0.15, 0.2) is 0 Å². The minimum Gasteiger partial charge on any atom is -0.379 e. The standard InChI is InChI=1S/C25H30FN5O4/c1-2-30-21-5-3-4-6-22(21)31(25(30)34)12-10-23(32)27-18-7-8-19(26)20(17-18)28-24(33)9-11-29-13-15-35-16-14-29/h3-8,17H,2,9-16H2,1H3,(H,27,32)(H,28,33). The zero-order valence-corrected chi connectivity index (χ0v) is 19.8. The van der Waals surface area contributed by atoms with Crippen molar-refractivity contribution in [1.29, 1.82) is 0 Å². The molecule has 2 aromatic carbocycles. The molecule has 0 saturated carbocycles. The number of rotatable bonds is 9. The molecule has 0 atom stereocenters. The van der Waals surface area contributed by atoms with Gasteiger partial charge in [-0.05, 0) is 37.3 Å². The summed E-state index contributed by atoms with van der Waals surface area (Å²) in [6.07, 6.45) is 0.298. The number of fused-ring (bicyclic) bond motifs is 1. The van der Waals surface area contributed by atoms with Gasteiger partial charge in [-0.2, -0.15) is 0 Å². The van der Waals surface area contributed by atoms with E-state index in [1.807, 2.05) is 31.2 Å². The fourth-order valence-corrected chi connectivity index (χ4v) is 4.23. The fraction of sp³-hybridized carbons (Fsp3) is 0.400. The Kier molecular flexibility index (Phi) is 7.94. The number of amides is 2. The molecule has 2 heterocycles. The molecule has 2 amide bonds. The summed E-state index contributed by atoms with van der Waals surface area (Å²) < 4.78 is 22.8. The Bertz CT molecular complexity index is 1260. The Morgan fingerprint density at radius 2 is 1.60 bits per heavy atom. The van der Waals surface area contributed by atoms with Gasteiger partial charge in [-0.1, -0.05) is 12.1 Å². The van der Waals surface area contributed by atoms with Crippen LogP contribution < -0.4 is 16.3 Å². The first kappa shape index (κ1) is 24.6. The van der Waals surface area contributed by atoms with Crippen molar-refractivity contribution in [2.24, 2.45) is 0 Å². The normalized spacial score (nSPS) is 14.2. The average molecular weight is 484 g/mol. The molecule has 9 nitrogen and oxygen atoms in total. The molecule has 2 N–H and O–H groups in total. The van der Waals surface area contributed by atoms with E-state index in [-0.39, 0.29) is 42.6 Å². The fourth-order valence-electron chi connectivity index (χ4n) is 4.23. The summed E-state index contributed by atoms with van der Waals surface area (Å²) in [6.45, 7) is 6.06. The maximum Gasteiger partial charge on any atom is 0.329 e. The van der Waals surface area contributed by atoms with Crippen molar-refractivity contribution >= 4 is 34.2 Å². The molecule has 0 unspecified atom stereocenters. The van der Waals surface area contributed by atoms with Crippen molar-refractivity contribution < 1.29 is 18.7 Å². The highest BCUT2D eigenvalue weighted by Crippen LogP contribution is 2.20. The van der Waals surface area contributed by atoms with Crippen LogP contribution in [0.15, 0.2) is 47.3 Å². The van der Waals surface area contributed by atoms with Gasteiger partial charge in [-0.15, -0.1) is 0 Å². The van der Waals surface area contributed by atoms with Gasteiger partial charge in [0.05, 0.1) is 29.9 Å². The number of nitrogens with zero attached hydrogens (tertiary/aromatic N) is 3. The third-order valence-corrected chi connectivity index (χ3v) is 6.09. The molecule has 3 aromatic rings. The molecule has 0 aliphatic carbocycles. The number of ether oxygens (including phenoxy) is 1. The number of nitrogens with one attached hydrogen (secondary N) is 2. The van der Waals surface area contributed by atoms with E-state index in [1.54, 1.807) is 9.13 Å². The topological polar surface area (TPSA) is 97.6 Å². The number of morpholine rings is 1. The monoisotopic (exact) mass is 483 g/mol. The van der Waals surface area contributed by atoms with Crippen LogP contribution in [0.25, 0.3) is 11.0 Å². The van der Waals surface area contributed by atoms with Gasteiger partial charge in [0.1, 0.15) is 5.82 Å². The number of anilines is 2. The van der Waals surface area contributed by atoms with E-state index in [2.05, 4.69) is 15.5 Å². The molecular formula is C25H30FN5O4. The summed E-state index contributed by atoms with van der Waals surface area (Å²) in [5.74, 6) is -1.20. The van der Waals surface area contributed by atoms with Crippen LogP contribution in [0.4, 0.5) is 15.8 Å². The van der Waals surface area contributed by atoms with Gasteiger partial charge in [-0.3, -0.25) is 23.6 Å². The molecule has 0 spiro atoms. The molecule has 1 aromatic heterocycles. The van der Waals surface area contributed by atoms with Crippen molar-refractivity contribution in [1.82, 2.24) is 14.0 Å². The molecule has 1 fully saturated rings. The predicted octanol–water partition coefficient (Wildman–Crippen LogP) is 2.65. The van der Waals surface area contributed by atoms with Crippen LogP contribution in [-0.2, 0) is 27.4 Å². The molecular weight excluding hydrogens is 453 g/mol. The van der Waals surface area contributed by atoms with Crippen LogP contribution in [0.1, 0.15) is 19.8 Å². The highest BCUT2D eigenvalue weighted by molar-refractivity contribution is 5.94. The van der Waals surface area contributed by atoms with Crippen LogP contribution in [0.2, 0.25) is 0 Å². The van der Waals surface area contributed by atoms with Crippen molar-refractivity contribution in [3.8, 4) is 0 Å². The number of para-hydroxylation sites is 2. The lowest BCUT2D eigenvalue weighted by Crippen LogP contribution is -2.38. The van der Waals surface area contributed by atoms with Crippen LogP contribution in [-0.4, -0.2) is 58.7 Å². The van der Waals surface area contributed by atoms with E-state index in [1.165, 1.54) is 18.2 Å². The molecule has 1 saturated heterocycles. The van der Waals surface area contributed by atoms with Gasteiger partial charge in [0, 0.05) is 51.3 Å². The van der Waals surface area contributed by atoms with E-state index in [0.29, 0.717) is 32.0 Å². The first-order chi connectivity index (χ1) is 17.0. The van der Waals surface area contributed by atoms with Crippen LogP contribution in [0.5, 0.6) is 0 Å². The van der Waals surface area contributed by atoms with Gasteiger partial charge in [0.2, 0.25) is 11.8 Å². The molecule has 0 radical (unpaired) electrons. The summed E-state index contributed by atoms with van der Waals surface area (Å²) >= 11 is 0. The lowest BCUT2D eigenvalue weighted by atomic mass is 10.2. The minimum absolute atomic E-state index is 0.0111. The second-order valence-corrected chi connectivity index (χ2v) is 8.41. The molecule has 186 valence electrons. The Labute approximate surface area is 202 Å². The number of imidazole rings is 1. The molecule has 4 rings (SSSR count). The highest BCUT2D eigenvalue weighted by atomic mass is 19.1. The van der Waals surface area contributed by atoms with E-state index in [9.17, 15) is 18.8 Å². The van der Waals surface area contributed by atoms with Crippen molar-refractivity contribution in [3.05, 3.63) is 58.8 Å². The molecule has 10 heteroatoms. The number of carbonyl (C=O) groups is 2. The highest BCUT2D eigenvalue weighted by Gasteiger charge is 2.15. The van der Waals surface area contributed by atoms with Crippen molar-refractivity contribution in [2.45, 2.75) is 32.9 Å². The smallest absolute Gasteiger partial charge is 0.329 e. The molecule has 1 aliphatic rings. The molecule has 1 aliphatic heterocycles. The largest absolute Gasteiger partial charge is 0.379 e. The Hall–Kier alpha value is -3.50. The summed E-state index contributed by atoms with van der Waals surface area (Å²) in [5.41, 5.74) is 1.81. The maximum absolute atomic E-state index is 14.3. The summed E-state index contributed by atoms with van der Waals surface area (Å²) in [7, 11) is 0. The van der Waals surface area contributed by atoms with E-state index in [4.69, 9.17) is 4.74 Å². The molecule has 0 bridgehead atoms. The number of hydrogen-bond donors (Lipinski definition) is 2. The first-order valence-electron chi connectivity index (χ1n) is 11.8. The Balaban J connectivity index is 1.35. The van der Waals surface area contributed by atoms with E-state index >= 15 is 0 Å². The van der Waals surface area contributed by atoms with Gasteiger partial charge < -0.3 is 15.4 Å². The number of aromatic nitrogens is 2. The number of aryl methyl sites for hydroxylation is 2. The van der Waals surface area contributed by atoms with Crippen LogP contribution >= 0.6 is 0 Å². The number of hydrogen-bond acceptors (Lipinski definition) is 5. The summed E-state index contributed by atoms with van der Waals surface area (Å²) in [5, 5.41) is 5.31. The number of halogens is 1. The maximum atomic E-state index is 14.3.